The second-order valence-electron chi connectivity index (χ2n) is 3.55. The summed E-state index contributed by atoms with van der Waals surface area (Å²) in [7, 11) is 1.54. The van der Waals surface area contributed by atoms with Crippen molar-refractivity contribution in [3.8, 4) is 11.8 Å². The minimum atomic E-state index is -0.337. The fourth-order valence-corrected chi connectivity index (χ4v) is 2.32. The maximum absolute atomic E-state index is 11.3. The van der Waals surface area contributed by atoms with Crippen LogP contribution >= 0.6 is 11.8 Å². The first-order chi connectivity index (χ1) is 9.12. The Morgan fingerprint density at radius 3 is 2.89 bits per heavy atom. The van der Waals surface area contributed by atoms with Gasteiger partial charge in [0.15, 0.2) is 5.16 Å². The summed E-state index contributed by atoms with van der Waals surface area (Å²) in [6.07, 6.45) is 0. The summed E-state index contributed by atoms with van der Waals surface area (Å²) in [5, 5.41) is 9.38. The monoisotopic (exact) mass is 274 g/mol. The summed E-state index contributed by atoms with van der Waals surface area (Å²) >= 11 is 1.15. The Kier molecular flexibility index (Phi) is 3.73. The van der Waals surface area contributed by atoms with Gasteiger partial charge in [-0.05, 0) is 18.2 Å². The molecule has 0 saturated heterocycles. The Balaban J connectivity index is 2.42. The zero-order valence-electron chi connectivity index (χ0n) is 10.0. The molecule has 19 heavy (non-hydrogen) atoms. The Morgan fingerprint density at radius 2 is 2.26 bits per heavy atom. The number of rotatable bonds is 3. The molecular weight excluding hydrogens is 264 g/mol. The molecule has 0 spiro atoms. The molecule has 96 valence electrons. The van der Waals surface area contributed by atoms with Gasteiger partial charge in [0, 0.05) is 11.0 Å². The van der Waals surface area contributed by atoms with Crippen LogP contribution in [0, 0.1) is 11.3 Å². The molecule has 2 rings (SSSR count). The number of ether oxygens (including phenoxy) is 1. The second-order valence-corrected chi connectivity index (χ2v) is 4.58. The van der Waals surface area contributed by atoms with E-state index >= 15 is 0 Å². The first-order valence-corrected chi connectivity index (χ1v) is 6.07. The number of H-pyrrole nitrogens is 1. The minimum absolute atomic E-state index is 0.132. The van der Waals surface area contributed by atoms with Gasteiger partial charge in [0.25, 0.3) is 5.56 Å². The zero-order valence-corrected chi connectivity index (χ0v) is 10.8. The molecule has 0 unspecified atom stereocenters. The molecule has 1 aromatic carbocycles. The SMILES string of the molecule is COc1ccc(C#N)c(Sc2nc(N)cc(=O)[nH]2)c1. The van der Waals surface area contributed by atoms with Crippen LogP contribution < -0.4 is 16.0 Å². The van der Waals surface area contributed by atoms with Crippen molar-refractivity contribution in [2.45, 2.75) is 10.1 Å². The van der Waals surface area contributed by atoms with Gasteiger partial charge in [-0.3, -0.25) is 4.79 Å². The molecule has 3 N–H and O–H groups in total. The number of aromatic nitrogens is 2. The number of nitrogens with two attached hydrogens (primary N) is 1. The average Bonchev–Trinajstić information content (AvgIpc) is 2.37. The summed E-state index contributed by atoms with van der Waals surface area (Å²) in [5.74, 6) is 0.750. The Labute approximate surface area is 113 Å². The lowest BCUT2D eigenvalue weighted by atomic mass is 10.2. The first-order valence-electron chi connectivity index (χ1n) is 5.25. The number of anilines is 1. The molecule has 0 atom stereocenters. The number of nitrogens with one attached hydrogen (secondary N) is 1. The molecule has 0 aliphatic rings. The molecule has 0 bridgehead atoms. The van der Waals surface area contributed by atoms with Gasteiger partial charge in [-0.15, -0.1) is 0 Å². The van der Waals surface area contributed by atoms with E-state index in [2.05, 4.69) is 16.0 Å². The lowest BCUT2D eigenvalue weighted by molar-refractivity contribution is 0.413. The second kappa shape index (κ2) is 5.46. The largest absolute Gasteiger partial charge is 0.497 e. The molecule has 0 fully saturated rings. The van der Waals surface area contributed by atoms with Gasteiger partial charge in [-0.25, -0.2) is 4.98 Å². The van der Waals surface area contributed by atoms with E-state index in [4.69, 9.17) is 15.7 Å². The fraction of sp³-hybridized carbons (Fsp3) is 0.0833. The maximum Gasteiger partial charge on any atom is 0.253 e. The molecular formula is C12H10N4O2S. The van der Waals surface area contributed by atoms with Crippen LogP contribution in [0.1, 0.15) is 5.56 Å². The van der Waals surface area contributed by atoms with Gasteiger partial charge in [0.05, 0.1) is 12.7 Å². The predicted molar refractivity (Wildman–Crippen MR) is 71.1 cm³/mol. The van der Waals surface area contributed by atoms with Crippen LogP contribution in [0.15, 0.2) is 39.1 Å². The van der Waals surface area contributed by atoms with Crippen LogP contribution in [0.3, 0.4) is 0 Å². The highest BCUT2D eigenvalue weighted by Crippen LogP contribution is 2.30. The minimum Gasteiger partial charge on any atom is -0.497 e. The standard InChI is InChI=1S/C12H10N4O2S/c1-18-8-3-2-7(6-13)9(4-8)19-12-15-10(14)5-11(17)16-12/h2-5H,1H3,(H3,14,15,16,17). The van der Waals surface area contributed by atoms with Crippen LogP contribution in [0.4, 0.5) is 5.82 Å². The van der Waals surface area contributed by atoms with Gasteiger partial charge in [0.2, 0.25) is 0 Å². The third-order valence-corrected chi connectivity index (χ3v) is 3.20. The molecule has 1 aromatic heterocycles. The number of hydrogen-bond acceptors (Lipinski definition) is 6. The number of benzene rings is 1. The van der Waals surface area contributed by atoms with Crippen molar-refractivity contribution in [1.82, 2.24) is 9.97 Å². The van der Waals surface area contributed by atoms with Crippen molar-refractivity contribution >= 4 is 17.6 Å². The number of nitrogen functional groups attached to an aromatic ring is 1. The van der Waals surface area contributed by atoms with Gasteiger partial charge in [-0.2, -0.15) is 5.26 Å². The van der Waals surface area contributed by atoms with E-state index in [0.717, 1.165) is 11.8 Å². The predicted octanol–water partition coefficient (Wildman–Crippen LogP) is 1.38. The molecule has 0 saturated carbocycles. The molecule has 2 aromatic rings. The maximum atomic E-state index is 11.3. The third-order valence-electron chi connectivity index (χ3n) is 2.26. The van der Waals surface area contributed by atoms with E-state index < -0.39 is 0 Å². The zero-order chi connectivity index (χ0) is 13.8. The quantitative estimate of drug-likeness (QED) is 0.819. The van der Waals surface area contributed by atoms with Crippen molar-refractivity contribution in [3.05, 3.63) is 40.2 Å². The van der Waals surface area contributed by atoms with E-state index in [-0.39, 0.29) is 11.4 Å². The number of hydrogen-bond donors (Lipinski definition) is 2. The Morgan fingerprint density at radius 1 is 1.47 bits per heavy atom. The highest BCUT2D eigenvalue weighted by Gasteiger charge is 2.08. The molecule has 1 heterocycles. The van der Waals surface area contributed by atoms with Crippen LogP contribution in [-0.2, 0) is 0 Å². The number of nitriles is 1. The van der Waals surface area contributed by atoms with Crippen molar-refractivity contribution in [3.63, 3.8) is 0 Å². The van der Waals surface area contributed by atoms with E-state index in [0.29, 0.717) is 21.4 Å². The van der Waals surface area contributed by atoms with Crippen LogP contribution in [0.5, 0.6) is 5.75 Å². The topological polar surface area (TPSA) is 105 Å². The first kappa shape index (κ1) is 13.0. The van der Waals surface area contributed by atoms with Gasteiger partial charge in [0.1, 0.15) is 17.6 Å². The van der Waals surface area contributed by atoms with E-state index in [1.807, 2.05) is 0 Å². The van der Waals surface area contributed by atoms with Crippen molar-refractivity contribution in [1.29, 1.82) is 5.26 Å². The van der Waals surface area contributed by atoms with Crippen molar-refractivity contribution in [2.75, 3.05) is 12.8 Å². The van der Waals surface area contributed by atoms with Gasteiger partial charge < -0.3 is 15.5 Å². The Hall–Kier alpha value is -2.46. The van der Waals surface area contributed by atoms with Crippen LogP contribution in [0.25, 0.3) is 0 Å². The Bertz CT molecular complexity index is 706. The number of methoxy groups -OCH3 is 1. The van der Waals surface area contributed by atoms with E-state index in [1.54, 1.807) is 18.2 Å². The number of aromatic amines is 1. The molecule has 0 aliphatic carbocycles. The van der Waals surface area contributed by atoms with Gasteiger partial charge in [-0.1, -0.05) is 11.8 Å². The summed E-state index contributed by atoms with van der Waals surface area (Å²) < 4.78 is 5.10. The summed E-state index contributed by atoms with van der Waals surface area (Å²) in [4.78, 5) is 18.5. The smallest absolute Gasteiger partial charge is 0.253 e. The summed E-state index contributed by atoms with van der Waals surface area (Å²) in [6, 6.07) is 8.30. The molecule has 0 amide bonds. The fourth-order valence-electron chi connectivity index (χ4n) is 1.41. The van der Waals surface area contributed by atoms with Crippen molar-refractivity contribution in [2.24, 2.45) is 0 Å². The van der Waals surface area contributed by atoms with Gasteiger partial charge >= 0.3 is 0 Å². The lowest BCUT2D eigenvalue weighted by Crippen LogP contribution is -2.09. The molecule has 0 radical (unpaired) electrons. The normalized spacial score (nSPS) is 9.89. The van der Waals surface area contributed by atoms with Crippen LogP contribution in [-0.4, -0.2) is 17.1 Å². The number of nitrogens with zero attached hydrogens (tertiary/aromatic N) is 2. The third kappa shape index (κ3) is 3.05. The molecule has 0 aliphatic heterocycles. The van der Waals surface area contributed by atoms with E-state index in [1.165, 1.54) is 13.2 Å². The summed E-state index contributed by atoms with van der Waals surface area (Å²) in [6.45, 7) is 0. The van der Waals surface area contributed by atoms with Crippen molar-refractivity contribution < 1.29 is 4.74 Å². The molecule has 6 nitrogen and oxygen atoms in total. The lowest BCUT2D eigenvalue weighted by Gasteiger charge is -2.06. The van der Waals surface area contributed by atoms with E-state index in [9.17, 15) is 4.79 Å². The van der Waals surface area contributed by atoms with Crippen LogP contribution in [0.2, 0.25) is 0 Å². The highest BCUT2D eigenvalue weighted by atomic mass is 32.2. The molecule has 7 heteroatoms. The average molecular weight is 274 g/mol. The highest BCUT2D eigenvalue weighted by molar-refractivity contribution is 7.99. The summed E-state index contributed by atoms with van der Waals surface area (Å²) in [5.41, 5.74) is 5.64.